The van der Waals surface area contributed by atoms with Crippen molar-refractivity contribution in [2.75, 3.05) is 5.73 Å². The van der Waals surface area contributed by atoms with E-state index in [4.69, 9.17) is 22.9 Å². The van der Waals surface area contributed by atoms with Crippen molar-refractivity contribution in [1.82, 2.24) is 0 Å². The maximum atomic E-state index is 6.64. The number of nitrogens with two attached hydrogens (primary N) is 1. The molecule has 0 aliphatic carbocycles. The van der Waals surface area contributed by atoms with E-state index in [1.54, 1.807) is 18.2 Å². The lowest BCUT2D eigenvalue weighted by Crippen LogP contribution is -1.83. The van der Waals surface area contributed by atoms with Gasteiger partial charge in [0.05, 0.1) is 16.4 Å². The summed E-state index contributed by atoms with van der Waals surface area (Å²) in [6.07, 6.45) is 0. The quantitative estimate of drug-likeness (QED) is 0.475. The van der Waals surface area contributed by atoms with Gasteiger partial charge in [0.25, 0.3) is 0 Å². The highest BCUT2D eigenvalue weighted by molar-refractivity contribution is 6.33. The van der Waals surface area contributed by atoms with Crippen LogP contribution in [0.5, 0.6) is 0 Å². The van der Waals surface area contributed by atoms with Crippen molar-refractivity contribution in [3.8, 4) is 0 Å². The molecule has 0 fully saturated rings. The summed E-state index contributed by atoms with van der Waals surface area (Å²) in [7, 11) is 0. The molecule has 0 bridgehead atoms. The topological polar surface area (TPSA) is 62.2 Å². The Balaban J connectivity index is 3.16. The molecule has 1 rings (SSSR count). The largest absolute Gasteiger partial charge is 0.398 e. The summed E-state index contributed by atoms with van der Waals surface area (Å²) in [5, 5.41) is 3.62. The average Bonchev–Trinajstić information content (AvgIpc) is 1.95. The summed E-state index contributed by atoms with van der Waals surface area (Å²) >= 11 is 5.62. The first-order valence-corrected chi connectivity index (χ1v) is 3.04. The summed E-state index contributed by atoms with van der Waals surface area (Å²) in [5.41, 5.74) is 13.1. The molecule has 0 unspecified atom stereocenters. The number of nitrogens with zero attached hydrogens (tertiary/aromatic N) is 1. The zero-order valence-corrected chi connectivity index (χ0v) is 5.89. The Kier molecular flexibility index (Phi) is 1.87. The minimum atomic E-state index is 0.438. The van der Waals surface area contributed by atoms with E-state index < -0.39 is 0 Å². The number of nitrogens with one attached hydrogen (secondary N) is 1. The number of nitrogen functional groups attached to an aromatic ring is 1. The van der Waals surface area contributed by atoms with Gasteiger partial charge in [-0.1, -0.05) is 11.6 Å². The number of hydrogen-bond acceptors (Lipinski definition) is 3. The van der Waals surface area contributed by atoms with Crippen molar-refractivity contribution >= 4 is 23.0 Å². The molecule has 4 heteroatoms. The molecular formula is C6H6ClN3. The van der Waals surface area contributed by atoms with Crippen LogP contribution >= 0.6 is 11.6 Å². The molecule has 3 N–H and O–H groups in total. The lowest BCUT2D eigenvalue weighted by molar-refractivity contribution is 1.15. The van der Waals surface area contributed by atoms with E-state index in [9.17, 15) is 0 Å². The van der Waals surface area contributed by atoms with E-state index in [2.05, 4.69) is 5.11 Å². The third-order valence-corrected chi connectivity index (χ3v) is 1.44. The molecule has 0 atom stereocenters. The van der Waals surface area contributed by atoms with Gasteiger partial charge in [0, 0.05) is 0 Å². The standard InChI is InChI=1S/C6H6ClN3/c7-5-3-4(10-9)1-2-6(5)8/h1-3,9H,8H2. The molecule has 0 radical (unpaired) electrons. The van der Waals surface area contributed by atoms with E-state index in [1.165, 1.54) is 0 Å². The number of benzene rings is 1. The molecule has 10 heavy (non-hydrogen) atoms. The molecule has 1 aromatic rings. The molecule has 0 amide bonds. The second kappa shape index (κ2) is 2.66. The van der Waals surface area contributed by atoms with Gasteiger partial charge in [0.1, 0.15) is 0 Å². The maximum absolute atomic E-state index is 6.64. The lowest BCUT2D eigenvalue weighted by atomic mass is 10.3. The van der Waals surface area contributed by atoms with Gasteiger partial charge in [-0.3, -0.25) is 0 Å². The zero-order valence-electron chi connectivity index (χ0n) is 5.13. The van der Waals surface area contributed by atoms with Crippen LogP contribution < -0.4 is 5.73 Å². The van der Waals surface area contributed by atoms with Crippen molar-refractivity contribution < 1.29 is 0 Å². The van der Waals surface area contributed by atoms with Crippen LogP contribution in [0.25, 0.3) is 0 Å². The molecule has 1 aromatic carbocycles. The highest BCUT2D eigenvalue weighted by atomic mass is 35.5. The number of hydrogen-bond donors (Lipinski definition) is 2. The van der Waals surface area contributed by atoms with E-state index >= 15 is 0 Å². The monoisotopic (exact) mass is 155 g/mol. The summed E-state index contributed by atoms with van der Waals surface area (Å²) in [4.78, 5) is 0. The van der Waals surface area contributed by atoms with Crippen LogP contribution in [0.4, 0.5) is 11.4 Å². The Morgan fingerprint density at radius 3 is 2.70 bits per heavy atom. The summed E-state index contributed by atoms with van der Waals surface area (Å²) in [5.74, 6) is 0. The SMILES string of the molecule is N=Nc1ccc(N)c(Cl)c1. The first-order valence-electron chi connectivity index (χ1n) is 2.66. The van der Waals surface area contributed by atoms with Gasteiger partial charge >= 0.3 is 0 Å². The van der Waals surface area contributed by atoms with Crippen LogP contribution in [0.1, 0.15) is 0 Å². The minimum absolute atomic E-state index is 0.438. The van der Waals surface area contributed by atoms with Crippen molar-refractivity contribution in [2.24, 2.45) is 5.11 Å². The highest BCUT2D eigenvalue weighted by Gasteiger charge is 1.95. The van der Waals surface area contributed by atoms with Gasteiger partial charge in [-0.2, -0.15) is 5.11 Å². The van der Waals surface area contributed by atoms with Crippen LogP contribution in [0.2, 0.25) is 5.02 Å². The van der Waals surface area contributed by atoms with Crippen molar-refractivity contribution in [3.05, 3.63) is 23.2 Å². The first kappa shape index (κ1) is 7.02. The Bertz CT molecular complexity index is 259. The lowest BCUT2D eigenvalue weighted by Gasteiger charge is -1.95. The molecule has 52 valence electrons. The predicted octanol–water partition coefficient (Wildman–Crippen LogP) is 2.58. The van der Waals surface area contributed by atoms with E-state index in [0.29, 0.717) is 16.4 Å². The third kappa shape index (κ3) is 1.25. The summed E-state index contributed by atoms with van der Waals surface area (Å²) < 4.78 is 0. The Morgan fingerprint density at radius 1 is 1.50 bits per heavy atom. The molecular weight excluding hydrogens is 150 g/mol. The highest BCUT2D eigenvalue weighted by Crippen LogP contribution is 2.23. The summed E-state index contributed by atoms with van der Waals surface area (Å²) in [6.45, 7) is 0. The van der Waals surface area contributed by atoms with Crippen LogP contribution in [0, 0.1) is 5.53 Å². The molecule has 0 heterocycles. The average molecular weight is 156 g/mol. The second-order valence-electron chi connectivity index (χ2n) is 1.82. The Labute approximate surface area is 63.3 Å². The third-order valence-electron chi connectivity index (χ3n) is 1.11. The van der Waals surface area contributed by atoms with Gasteiger partial charge < -0.3 is 5.73 Å². The van der Waals surface area contributed by atoms with Gasteiger partial charge in [0.15, 0.2) is 0 Å². The molecule has 0 spiro atoms. The Morgan fingerprint density at radius 2 is 2.20 bits per heavy atom. The zero-order chi connectivity index (χ0) is 7.56. The van der Waals surface area contributed by atoms with Crippen molar-refractivity contribution in [1.29, 1.82) is 5.53 Å². The molecule has 0 saturated carbocycles. The first-order chi connectivity index (χ1) is 4.74. The van der Waals surface area contributed by atoms with E-state index in [-0.39, 0.29) is 0 Å². The molecule has 0 aliphatic rings. The molecule has 3 nitrogen and oxygen atoms in total. The Hall–Kier alpha value is -1.09. The fourth-order valence-corrected chi connectivity index (χ4v) is 0.760. The molecule has 0 saturated heterocycles. The summed E-state index contributed by atoms with van der Waals surface area (Å²) in [6, 6.07) is 4.80. The fourth-order valence-electron chi connectivity index (χ4n) is 0.586. The van der Waals surface area contributed by atoms with Gasteiger partial charge in [-0.25, -0.2) is 5.53 Å². The van der Waals surface area contributed by atoms with Crippen LogP contribution in [0.3, 0.4) is 0 Å². The van der Waals surface area contributed by atoms with E-state index in [1.807, 2.05) is 0 Å². The van der Waals surface area contributed by atoms with Gasteiger partial charge in [0.2, 0.25) is 0 Å². The van der Waals surface area contributed by atoms with Crippen LogP contribution in [-0.2, 0) is 0 Å². The van der Waals surface area contributed by atoms with Crippen molar-refractivity contribution in [3.63, 3.8) is 0 Å². The molecule has 0 aromatic heterocycles. The molecule has 0 aliphatic heterocycles. The second-order valence-corrected chi connectivity index (χ2v) is 2.22. The normalized spacial score (nSPS) is 9.30. The van der Waals surface area contributed by atoms with Crippen LogP contribution in [0.15, 0.2) is 23.3 Å². The number of halogens is 1. The van der Waals surface area contributed by atoms with E-state index in [0.717, 1.165) is 0 Å². The van der Waals surface area contributed by atoms with Gasteiger partial charge in [-0.05, 0) is 18.2 Å². The van der Waals surface area contributed by atoms with Crippen LogP contribution in [-0.4, -0.2) is 0 Å². The fraction of sp³-hybridized carbons (Fsp3) is 0. The smallest absolute Gasteiger partial charge is 0.0866 e. The van der Waals surface area contributed by atoms with Crippen molar-refractivity contribution in [2.45, 2.75) is 0 Å². The van der Waals surface area contributed by atoms with Gasteiger partial charge in [-0.15, -0.1) is 0 Å². The number of rotatable bonds is 1. The maximum Gasteiger partial charge on any atom is 0.0866 e. The number of anilines is 1. The predicted molar refractivity (Wildman–Crippen MR) is 40.7 cm³/mol. The minimum Gasteiger partial charge on any atom is -0.398 e.